The predicted molar refractivity (Wildman–Crippen MR) is 105 cm³/mol. The molecule has 0 fully saturated rings. The summed E-state index contributed by atoms with van der Waals surface area (Å²) in [5, 5.41) is 6.76. The van der Waals surface area contributed by atoms with Gasteiger partial charge < -0.3 is 20.1 Å². The Hall–Kier alpha value is -1.56. The zero-order chi connectivity index (χ0) is 17.8. The third-order valence-electron chi connectivity index (χ3n) is 3.46. The number of aliphatic imine (C=N–C) groups is 1. The van der Waals surface area contributed by atoms with Crippen LogP contribution in [0.15, 0.2) is 23.2 Å². The van der Waals surface area contributed by atoms with Gasteiger partial charge in [-0.15, -0.1) is 0 Å². The molecule has 1 rings (SSSR count). The van der Waals surface area contributed by atoms with E-state index in [-0.39, 0.29) is 6.04 Å². The number of ether oxygens (including phenoxy) is 2. The van der Waals surface area contributed by atoms with E-state index in [1.54, 1.807) is 7.05 Å². The summed E-state index contributed by atoms with van der Waals surface area (Å²) in [5.74, 6) is 3.54. The Kier molecular flexibility index (Phi) is 10.2. The van der Waals surface area contributed by atoms with Crippen LogP contribution in [0.25, 0.3) is 0 Å². The molecule has 136 valence electrons. The topological polar surface area (TPSA) is 54.9 Å². The zero-order valence-corrected chi connectivity index (χ0v) is 16.3. The number of rotatable bonds is 10. The van der Waals surface area contributed by atoms with E-state index in [9.17, 15) is 0 Å². The van der Waals surface area contributed by atoms with Gasteiger partial charge in [-0.25, -0.2) is 0 Å². The monoisotopic (exact) mass is 353 g/mol. The fourth-order valence-corrected chi connectivity index (χ4v) is 2.68. The van der Waals surface area contributed by atoms with Crippen LogP contribution in [0.4, 0.5) is 0 Å². The van der Waals surface area contributed by atoms with Gasteiger partial charge in [-0.1, -0.05) is 6.07 Å². The van der Waals surface area contributed by atoms with E-state index >= 15 is 0 Å². The third-order valence-corrected chi connectivity index (χ3v) is 4.16. The number of nitrogens with zero attached hydrogens (tertiary/aromatic N) is 1. The third kappa shape index (κ3) is 6.91. The molecule has 0 bridgehead atoms. The molecule has 0 aliphatic carbocycles. The van der Waals surface area contributed by atoms with E-state index in [0.29, 0.717) is 13.2 Å². The SMILES string of the molecule is CCOc1ccc(C(C)NC(=NC)NCCCSC)cc1OCC. The molecular formula is C18H31N3O2S. The van der Waals surface area contributed by atoms with Crippen molar-refractivity contribution in [3.05, 3.63) is 23.8 Å². The Morgan fingerprint density at radius 2 is 1.92 bits per heavy atom. The van der Waals surface area contributed by atoms with Crippen LogP contribution >= 0.6 is 11.8 Å². The number of guanidine groups is 1. The Balaban J connectivity index is 2.71. The highest BCUT2D eigenvalue weighted by Crippen LogP contribution is 2.30. The van der Waals surface area contributed by atoms with Crippen LogP contribution in [-0.2, 0) is 0 Å². The summed E-state index contributed by atoms with van der Waals surface area (Å²) < 4.78 is 11.3. The summed E-state index contributed by atoms with van der Waals surface area (Å²) in [5.41, 5.74) is 1.13. The van der Waals surface area contributed by atoms with Gasteiger partial charge >= 0.3 is 0 Å². The van der Waals surface area contributed by atoms with Crippen LogP contribution in [0.5, 0.6) is 11.5 Å². The second-order valence-corrected chi connectivity index (χ2v) is 6.27. The lowest BCUT2D eigenvalue weighted by Crippen LogP contribution is -2.39. The number of thioether (sulfide) groups is 1. The van der Waals surface area contributed by atoms with Crippen molar-refractivity contribution in [3.8, 4) is 11.5 Å². The fourth-order valence-electron chi connectivity index (χ4n) is 2.24. The van der Waals surface area contributed by atoms with Crippen molar-refractivity contribution in [2.24, 2.45) is 4.99 Å². The number of benzene rings is 1. The van der Waals surface area contributed by atoms with Gasteiger partial charge in [0.25, 0.3) is 0 Å². The summed E-state index contributed by atoms with van der Waals surface area (Å²) in [6.45, 7) is 8.22. The minimum absolute atomic E-state index is 0.117. The standard InChI is InChI=1S/C18H31N3O2S/c1-6-22-16-10-9-15(13-17(16)23-7-2)14(3)21-18(19-4)20-11-8-12-24-5/h9-10,13-14H,6-8,11-12H2,1-5H3,(H2,19,20,21). The van der Waals surface area contributed by atoms with Crippen LogP contribution in [0.1, 0.15) is 38.8 Å². The maximum Gasteiger partial charge on any atom is 0.191 e. The van der Waals surface area contributed by atoms with Crippen molar-refractivity contribution in [1.82, 2.24) is 10.6 Å². The summed E-state index contributed by atoms with van der Waals surface area (Å²) in [7, 11) is 1.79. The Morgan fingerprint density at radius 1 is 1.21 bits per heavy atom. The van der Waals surface area contributed by atoms with Gasteiger partial charge in [0.05, 0.1) is 19.3 Å². The first kappa shape index (κ1) is 20.5. The van der Waals surface area contributed by atoms with Crippen molar-refractivity contribution < 1.29 is 9.47 Å². The van der Waals surface area contributed by atoms with Crippen LogP contribution in [0.2, 0.25) is 0 Å². The first-order chi connectivity index (χ1) is 11.7. The number of hydrogen-bond acceptors (Lipinski definition) is 4. The first-order valence-corrected chi connectivity index (χ1v) is 9.91. The molecule has 1 atom stereocenters. The minimum atomic E-state index is 0.117. The predicted octanol–water partition coefficient (Wildman–Crippen LogP) is 3.46. The normalized spacial score (nSPS) is 12.6. The quantitative estimate of drug-likeness (QED) is 0.383. The van der Waals surface area contributed by atoms with Crippen molar-refractivity contribution in [2.75, 3.05) is 38.8 Å². The molecule has 5 nitrogen and oxygen atoms in total. The van der Waals surface area contributed by atoms with Gasteiger partial charge in [0.15, 0.2) is 17.5 Å². The van der Waals surface area contributed by atoms with Crippen LogP contribution in [0.3, 0.4) is 0 Å². The summed E-state index contributed by atoms with van der Waals surface area (Å²) in [6.07, 6.45) is 3.24. The zero-order valence-electron chi connectivity index (χ0n) is 15.5. The van der Waals surface area contributed by atoms with E-state index in [4.69, 9.17) is 9.47 Å². The molecule has 2 N–H and O–H groups in total. The van der Waals surface area contributed by atoms with Crippen molar-refractivity contribution in [2.45, 2.75) is 33.2 Å². The second-order valence-electron chi connectivity index (χ2n) is 5.28. The molecule has 24 heavy (non-hydrogen) atoms. The van der Waals surface area contributed by atoms with Crippen molar-refractivity contribution in [3.63, 3.8) is 0 Å². The van der Waals surface area contributed by atoms with E-state index in [2.05, 4.69) is 34.9 Å². The van der Waals surface area contributed by atoms with E-state index in [1.807, 2.05) is 37.7 Å². The first-order valence-electron chi connectivity index (χ1n) is 8.51. The van der Waals surface area contributed by atoms with Crippen molar-refractivity contribution in [1.29, 1.82) is 0 Å². The highest BCUT2D eigenvalue weighted by molar-refractivity contribution is 7.98. The molecular weight excluding hydrogens is 322 g/mol. The summed E-state index contributed by atoms with van der Waals surface area (Å²) in [4.78, 5) is 4.29. The molecule has 0 heterocycles. The van der Waals surface area contributed by atoms with Gasteiger partial charge in [0.2, 0.25) is 0 Å². The smallest absolute Gasteiger partial charge is 0.191 e. The van der Waals surface area contributed by atoms with Crippen LogP contribution in [-0.4, -0.2) is 44.8 Å². The Bertz CT molecular complexity index is 509. The van der Waals surface area contributed by atoms with Gasteiger partial charge in [0, 0.05) is 13.6 Å². The lowest BCUT2D eigenvalue weighted by Gasteiger charge is -2.20. The highest BCUT2D eigenvalue weighted by Gasteiger charge is 2.12. The molecule has 0 aliphatic rings. The molecule has 1 unspecified atom stereocenters. The fraction of sp³-hybridized carbons (Fsp3) is 0.611. The Labute approximate surface area is 150 Å². The summed E-state index contributed by atoms with van der Waals surface area (Å²) >= 11 is 1.86. The van der Waals surface area contributed by atoms with Gasteiger partial charge in [-0.3, -0.25) is 4.99 Å². The maximum atomic E-state index is 5.70. The molecule has 0 radical (unpaired) electrons. The lowest BCUT2D eigenvalue weighted by atomic mass is 10.1. The molecule has 0 saturated heterocycles. The highest BCUT2D eigenvalue weighted by atomic mass is 32.2. The average molecular weight is 354 g/mol. The number of nitrogens with one attached hydrogen (secondary N) is 2. The molecule has 0 aliphatic heterocycles. The Morgan fingerprint density at radius 3 is 2.54 bits per heavy atom. The second kappa shape index (κ2) is 11.9. The minimum Gasteiger partial charge on any atom is -0.490 e. The molecule has 1 aromatic carbocycles. The molecule has 0 amide bonds. The molecule has 6 heteroatoms. The molecule has 0 aromatic heterocycles. The van der Waals surface area contributed by atoms with Crippen LogP contribution < -0.4 is 20.1 Å². The average Bonchev–Trinajstić information content (AvgIpc) is 2.59. The van der Waals surface area contributed by atoms with E-state index in [0.717, 1.165) is 41.7 Å². The van der Waals surface area contributed by atoms with E-state index < -0.39 is 0 Å². The van der Waals surface area contributed by atoms with Crippen molar-refractivity contribution >= 4 is 17.7 Å². The molecule has 0 spiro atoms. The number of hydrogen-bond donors (Lipinski definition) is 2. The summed E-state index contributed by atoms with van der Waals surface area (Å²) in [6, 6.07) is 6.18. The largest absolute Gasteiger partial charge is 0.490 e. The van der Waals surface area contributed by atoms with Gasteiger partial charge in [0.1, 0.15) is 0 Å². The maximum absolute atomic E-state index is 5.70. The molecule has 0 saturated carbocycles. The van der Waals surface area contributed by atoms with Gasteiger partial charge in [-0.2, -0.15) is 11.8 Å². The van der Waals surface area contributed by atoms with Gasteiger partial charge in [-0.05, 0) is 56.9 Å². The lowest BCUT2D eigenvalue weighted by molar-refractivity contribution is 0.287. The molecule has 1 aromatic rings. The van der Waals surface area contributed by atoms with E-state index in [1.165, 1.54) is 0 Å². The van der Waals surface area contributed by atoms with Crippen LogP contribution in [0, 0.1) is 0 Å².